The lowest BCUT2D eigenvalue weighted by atomic mass is 10.0. The molecule has 1 aliphatic heterocycles. The highest BCUT2D eigenvalue weighted by Crippen LogP contribution is 2.05. The van der Waals surface area contributed by atoms with Crippen LogP contribution in [0.15, 0.2) is 0 Å². The number of nitrogens with two attached hydrogens (primary N) is 1. The Labute approximate surface area is 55.5 Å². The normalized spacial score (nSPS) is 39.0. The van der Waals surface area contributed by atoms with Gasteiger partial charge >= 0.3 is 0 Å². The largest absolute Gasteiger partial charge is 0.390 e. The van der Waals surface area contributed by atoms with Crippen LogP contribution in [0.5, 0.6) is 0 Å². The predicted octanol–water partition coefficient (Wildman–Crippen LogP) is -0.990. The molecule has 1 heterocycles. The Bertz CT molecular complexity index is 97.1. The summed E-state index contributed by atoms with van der Waals surface area (Å²) in [6.07, 6.45) is 0.598. The van der Waals surface area contributed by atoms with Crippen LogP contribution in [-0.4, -0.2) is 42.3 Å². The molecule has 0 bridgehead atoms. The zero-order chi connectivity index (χ0) is 6.85. The van der Waals surface area contributed by atoms with E-state index in [2.05, 4.69) is 4.90 Å². The maximum absolute atomic E-state index is 9.18. The van der Waals surface area contributed by atoms with Crippen molar-refractivity contribution in [2.75, 3.05) is 20.1 Å². The van der Waals surface area contributed by atoms with Gasteiger partial charge in [0.2, 0.25) is 0 Å². The van der Waals surface area contributed by atoms with Crippen LogP contribution in [0.2, 0.25) is 0 Å². The standard InChI is InChI=1S/C6H14N2O/c1-8-3-2-5(7)6(9)4-8/h5-6,9H,2-4,7H2,1H3/t5-,6-/m1/s1. The van der Waals surface area contributed by atoms with Gasteiger partial charge in [-0.25, -0.2) is 0 Å². The van der Waals surface area contributed by atoms with Gasteiger partial charge in [-0.05, 0) is 20.0 Å². The highest BCUT2D eigenvalue weighted by atomic mass is 16.3. The molecule has 0 aromatic carbocycles. The van der Waals surface area contributed by atoms with Crippen LogP contribution in [0.1, 0.15) is 6.42 Å². The van der Waals surface area contributed by atoms with Crippen LogP contribution >= 0.6 is 0 Å². The van der Waals surface area contributed by atoms with E-state index >= 15 is 0 Å². The molecule has 3 heteroatoms. The van der Waals surface area contributed by atoms with Gasteiger partial charge in [-0.15, -0.1) is 0 Å². The average molecular weight is 130 g/mol. The highest BCUT2D eigenvalue weighted by molar-refractivity contribution is 4.80. The smallest absolute Gasteiger partial charge is 0.0818 e. The number of β-amino-alcohol motifs (C(OH)–C–C–N with tert-alkyl or cyclic N) is 1. The van der Waals surface area contributed by atoms with Crippen LogP contribution in [-0.2, 0) is 0 Å². The van der Waals surface area contributed by atoms with Crippen LogP contribution in [0, 0.1) is 0 Å². The molecule has 0 spiro atoms. The van der Waals surface area contributed by atoms with E-state index in [-0.39, 0.29) is 12.1 Å². The summed E-state index contributed by atoms with van der Waals surface area (Å²) in [7, 11) is 2.00. The van der Waals surface area contributed by atoms with Crippen molar-refractivity contribution in [1.82, 2.24) is 4.90 Å². The van der Waals surface area contributed by atoms with Gasteiger partial charge in [0, 0.05) is 12.6 Å². The van der Waals surface area contributed by atoms with Crippen LogP contribution in [0.25, 0.3) is 0 Å². The lowest BCUT2D eigenvalue weighted by Crippen LogP contribution is -2.49. The fourth-order valence-electron chi connectivity index (χ4n) is 1.11. The summed E-state index contributed by atoms with van der Waals surface area (Å²) in [6, 6.07) is 0.00111. The second-order valence-corrected chi connectivity index (χ2v) is 2.78. The second-order valence-electron chi connectivity index (χ2n) is 2.78. The fourth-order valence-corrected chi connectivity index (χ4v) is 1.11. The molecule has 0 saturated carbocycles. The third-order valence-corrected chi connectivity index (χ3v) is 1.84. The third kappa shape index (κ3) is 1.64. The van der Waals surface area contributed by atoms with Crippen molar-refractivity contribution in [2.45, 2.75) is 18.6 Å². The minimum absolute atomic E-state index is 0.00111. The lowest BCUT2D eigenvalue weighted by Gasteiger charge is -2.31. The molecule has 3 nitrogen and oxygen atoms in total. The topological polar surface area (TPSA) is 49.5 Å². The van der Waals surface area contributed by atoms with Gasteiger partial charge in [0.1, 0.15) is 0 Å². The molecule has 54 valence electrons. The Balaban J connectivity index is 2.35. The van der Waals surface area contributed by atoms with Gasteiger partial charge in [-0.3, -0.25) is 0 Å². The monoisotopic (exact) mass is 130 g/mol. The van der Waals surface area contributed by atoms with Crippen molar-refractivity contribution in [1.29, 1.82) is 0 Å². The molecular weight excluding hydrogens is 116 g/mol. The van der Waals surface area contributed by atoms with E-state index in [1.54, 1.807) is 0 Å². The Hall–Kier alpha value is -0.120. The molecule has 1 rings (SSSR count). The molecule has 2 atom stereocenters. The molecule has 3 N–H and O–H groups in total. The fraction of sp³-hybridized carbons (Fsp3) is 1.00. The van der Waals surface area contributed by atoms with Crippen molar-refractivity contribution >= 4 is 0 Å². The summed E-state index contributed by atoms with van der Waals surface area (Å²) < 4.78 is 0. The first-order chi connectivity index (χ1) is 4.20. The van der Waals surface area contributed by atoms with Crippen molar-refractivity contribution in [3.05, 3.63) is 0 Å². The summed E-state index contributed by atoms with van der Waals surface area (Å²) in [4.78, 5) is 2.09. The van der Waals surface area contributed by atoms with E-state index in [1.165, 1.54) is 0 Å². The van der Waals surface area contributed by atoms with E-state index in [1.807, 2.05) is 7.05 Å². The number of nitrogens with zero attached hydrogens (tertiary/aromatic N) is 1. The molecule has 1 aliphatic rings. The van der Waals surface area contributed by atoms with Crippen molar-refractivity contribution in [2.24, 2.45) is 5.73 Å². The average Bonchev–Trinajstić information content (AvgIpc) is 1.80. The summed E-state index contributed by atoms with van der Waals surface area (Å²) in [5.74, 6) is 0. The molecule has 1 fully saturated rings. The summed E-state index contributed by atoms with van der Waals surface area (Å²) in [6.45, 7) is 1.74. The Kier molecular flexibility index (Phi) is 2.05. The number of hydrogen-bond acceptors (Lipinski definition) is 3. The Morgan fingerprint density at radius 2 is 2.33 bits per heavy atom. The molecule has 1 saturated heterocycles. The number of likely N-dealkylation sites (N-methyl/N-ethyl adjacent to an activating group) is 1. The first-order valence-corrected chi connectivity index (χ1v) is 3.32. The van der Waals surface area contributed by atoms with Crippen LogP contribution in [0.3, 0.4) is 0 Å². The van der Waals surface area contributed by atoms with Crippen LogP contribution < -0.4 is 5.73 Å². The zero-order valence-corrected chi connectivity index (χ0v) is 5.75. The van der Waals surface area contributed by atoms with Crippen molar-refractivity contribution in [3.8, 4) is 0 Å². The number of aliphatic hydroxyl groups excluding tert-OH is 1. The van der Waals surface area contributed by atoms with E-state index in [0.717, 1.165) is 19.5 Å². The molecule has 0 aliphatic carbocycles. The molecule has 0 unspecified atom stereocenters. The van der Waals surface area contributed by atoms with Gasteiger partial charge in [-0.1, -0.05) is 0 Å². The molecule has 0 radical (unpaired) electrons. The Morgan fingerprint density at radius 1 is 1.67 bits per heavy atom. The number of rotatable bonds is 0. The van der Waals surface area contributed by atoms with Gasteiger partial charge in [0.05, 0.1) is 6.10 Å². The summed E-state index contributed by atoms with van der Waals surface area (Å²) in [5, 5.41) is 9.18. The first kappa shape index (κ1) is 6.99. The summed E-state index contributed by atoms with van der Waals surface area (Å²) in [5.41, 5.74) is 5.56. The summed E-state index contributed by atoms with van der Waals surface area (Å²) >= 11 is 0. The number of aliphatic hydroxyl groups is 1. The highest BCUT2D eigenvalue weighted by Gasteiger charge is 2.21. The maximum Gasteiger partial charge on any atom is 0.0818 e. The van der Waals surface area contributed by atoms with Gasteiger partial charge in [0.15, 0.2) is 0 Å². The number of likely N-dealkylation sites (tertiary alicyclic amines) is 1. The van der Waals surface area contributed by atoms with Crippen molar-refractivity contribution < 1.29 is 5.11 Å². The first-order valence-electron chi connectivity index (χ1n) is 3.32. The predicted molar refractivity (Wildman–Crippen MR) is 36.1 cm³/mol. The maximum atomic E-state index is 9.18. The second kappa shape index (κ2) is 2.64. The quantitative estimate of drug-likeness (QED) is 0.442. The third-order valence-electron chi connectivity index (χ3n) is 1.84. The molecule has 9 heavy (non-hydrogen) atoms. The van der Waals surface area contributed by atoms with E-state index in [0.29, 0.717) is 0 Å². The number of piperidine rings is 1. The molecular formula is C6H14N2O. The molecule has 0 amide bonds. The Morgan fingerprint density at radius 3 is 2.78 bits per heavy atom. The van der Waals surface area contributed by atoms with Gasteiger partial charge in [-0.2, -0.15) is 0 Å². The SMILES string of the molecule is CN1CC[C@@H](N)[C@H](O)C1. The van der Waals surface area contributed by atoms with Crippen molar-refractivity contribution in [3.63, 3.8) is 0 Å². The van der Waals surface area contributed by atoms with Gasteiger partial charge in [0.25, 0.3) is 0 Å². The van der Waals surface area contributed by atoms with E-state index in [9.17, 15) is 5.11 Å². The minimum Gasteiger partial charge on any atom is -0.390 e. The van der Waals surface area contributed by atoms with Gasteiger partial charge < -0.3 is 15.7 Å². The van der Waals surface area contributed by atoms with E-state index < -0.39 is 0 Å². The van der Waals surface area contributed by atoms with E-state index in [4.69, 9.17) is 5.73 Å². The lowest BCUT2D eigenvalue weighted by molar-refractivity contribution is 0.0661. The zero-order valence-electron chi connectivity index (χ0n) is 5.75. The number of hydrogen-bond donors (Lipinski definition) is 2. The molecule has 0 aromatic heterocycles. The minimum atomic E-state index is -0.316. The van der Waals surface area contributed by atoms with Crippen LogP contribution in [0.4, 0.5) is 0 Å². The molecule has 0 aromatic rings.